The van der Waals surface area contributed by atoms with Crippen molar-refractivity contribution in [3.8, 4) is 11.1 Å². The summed E-state index contributed by atoms with van der Waals surface area (Å²) in [4.78, 5) is 0. The second-order valence-corrected chi connectivity index (χ2v) is 5.05. The maximum atomic E-state index is 3.41. The van der Waals surface area contributed by atoms with Crippen molar-refractivity contribution in [3.63, 3.8) is 0 Å². The van der Waals surface area contributed by atoms with Gasteiger partial charge in [-0.1, -0.05) is 18.2 Å². The lowest BCUT2D eigenvalue weighted by atomic mass is 9.95. The van der Waals surface area contributed by atoms with Crippen LogP contribution in [0, 0.1) is 13.8 Å². The predicted molar refractivity (Wildman–Crippen MR) is 89.7 cm³/mol. The van der Waals surface area contributed by atoms with E-state index in [1.807, 2.05) is 0 Å². The van der Waals surface area contributed by atoms with E-state index in [9.17, 15) is 0 Å². The van der Waals surface area contributed by atoms with Gasteiger partial charge in [0.2, 0.25) is 0 Å². The Bertz CT molecular complexity index is 571. The molecule has 0 saturated carbocycles. The molecule has 0 aliphatic carbocycles. The Morgan fingerprint density at radius 2 is 1.40 bits per heavy atom. The van der Waals surface area contributed by atoms with Gasteiger partial charge < -0.3 is 10.6 Å². The molecule has 0 aliphatic rings. The molecule has 2 heteroatoms. The summed E-state index contributed by atoms with van der Waals surface area (Å²) in [5.74, 6) is 0. The molecule has 0 atom stereocenters. The van der Waals surface area contributed by atoms with Gasteiger partial charge in [-0.2, -0.15) is 0 Å². The molecule has 0 fully saturated rings. The molecule has 0 aliphatic heterocycles. The van der Waals surface area contributed by atoms with E-state index in [0.29, 0.717) is 0 Å². The third kappa shape index (κ3) is 2.96. The molecule has 0 bridgehead atoms. The summed E-state index contributed by atoms with van der Waals surface area (Å²) < 4.78 is 0. The van der Waals surface area contributed by atoms with E-state index in [-0.39, 0.29) is 0 Å². The predicted octanol–water partition coefficient (Wildman–Crippen LogP) is 4.83. The standard InChI is InChI=1S/C18H24N2/c1-5-19-16-9-7-15(8-10-16)17-11-12-18(20-6-2)14(4)13(17)3/h7-12,19-20H,5-6H2,1-4H3. The van der Waals surface area contributed by atoms with Gasteiger partial charge in [-0.3, -0.25) is 0 Å². The number of hydrogen-bond acceptors (Lipinski definition) is 2. The Morgan fingerprint density at radius 1 is 0.750 bits per heavy atom. The molecular formula is C18H24N2. The van der Waals surface area contributed by atoms with Crippen LogP contribution in [0.15, 0.2) is 36.4 Å². The van der Waals surface area contributed by atoms with Gasteiger partial charge in [-0.15, -0.1) is 0 Å². The number of nitrogens with one attached hydrogen (secondary N) is 2. The highest BCUT2D eigenvalue weighted by Crippen LogP contribution is 2.30. The molecule has 0 radical (unpaired) electrons. The van der Waals surface area contributed by atoms with Crippen molar-refractivity contribution in [1.29, 1.82) is 0 Å². The maximum Gasteiger partial charge on any atom is 0.0372 e. The Balaban J connectivity index is 2.35. The highest BCUT2D eigenvalue weighted by molar-refractivity contribution is 5.74. The van der Waals surface area contributed by atoms with Crippen LogP contribution >= 0.6 is 0 Å². The third-order valence-electron chi connectivity index (χ3n) is 3.73. The third-order valence-corrected chi connectivity index (χ3v) is 3.73. The van der Waals surface area contributed by atoms with Crippen LogP contribution in [0.4, 0.5) is 11.4 Å². The van der Waals surface area contributed by atoms with E-state index >= 15 is 0 Å². The zero-order valence-corrected chi connectivity index (χ0v) is 12.9. The van der Waals surface area contributed by atoms with Crippen LogP contribution in [0.5, 0.6) is 0 Å². The molecule has 2 aromatic rings. The van der Waals surface area contributed by atoms with E-state index in [4.69, 9.17) is 0 Å². The first-order valence-corrected chi connectivity index (χ1v) is 7.35. The van der Waals surface area contributed by atoms with Gasteiger partial charge >= 0.3 is 0 Å². The smallest absolute Gasteiger partial charge is 0.0372 e. The molecule has 0 spiro atoms. The Kier molecular flexibility index (Phi) is 4.67. The second-order valence-electron chi connectivity index (χ2n) is 5.05. The Morgan fingerprint density at radius 3 is 2.00 bits per heavy atom. The van der Waals surface area contributed by atoms with E-state index in [0.717, 1.165) is 13.1 Å². The number of anilines is 2. The molecule has 0 saturated heterocycles. The molecule has 2 N–H and O–H groups in total. The first-order valence-electron chi connectivity index (χ1n) is 7.35. The molecule has 2 aromatic carbocycles. The second kappa shape index (κ2) is 6.47. The minimum absolute atomic E-state index is 0.953. The van der Waals surface area contributed by atoms with Gasteiger partial charge in [0, 0.05) is 24.5 Å². The quantitative estimate of drug-likeness (QED) is 0.811. The summed E-state index contributed by atoms with van der Waals surface area (Å²) in [7, 11) is 0. The van der Waals surface area contributed by atoms with Gasteiger partial charge in [0.1, 0.15) is 0 Å². The highest BCUT2D eigenvalue weighted by atomic mass is 14.9. The molecule has 0 heterocycles. The molecule has 0 unspecified atom stereocenters. The summed E-state index contributed by atoms with van der Waals surface area (Å²) in [5, 5.41) is 6.74. The fraction of sp³-hybridized carbons (Fsp3) is 0.333. The number of rotatable bonds is 5. The van der Waals surface area contributed by atoms with Crippen LogP contribution in [-0.4, -0.2) is 13.1 Å². The van der Waals surface area contributed by atoms with Gasteiger partial charge in [0.15, 0.2) is 0 Å². The monoisotopic (exact) mass is 268 g/mol. The Labute approximate surface area is 122 Å². The van der Waals surface area contributed by atoms with Crippen molar-refractivity contribution in [2.75, 3.05) is 23.7 Å². The highest BCUT2D eigenvalue weighted by Gasteiger charge is 2.07. The lowest BCUT2D eigenvalue weighted by Crippen LogP contribution is -2.01. The largest absolute Gasteiger partial charge is 0.385 e. The number of benzene rings is 2. The fourth-order valence-electron chi connectivity index (χ4n) is 2.49. The molecule has 0 amide bonds. The molecular weight excluding hydrogens is 244 g/mol. The summed E-state index contributed by atoms with van der Waals surface area (Å²) in [6.45, 7) is 10.5. The SMILES string of the molecule is CCNc1ccc(-c2ccc(NCC)c(C)c2C)cc1. The summed E-state index contributed by atoms with van der Waals surface area (Å²) in [5.41, 5.74) is 7.68. The van der Waals surface area contributed by atoms with Crippen molar-refractivity contribution < 1.29 is 0 Å². The van der Waals surface area contributed by atoms with Gasteiger partial charge in [-0.05, 0) is 68.1 Å². The van der Waals surface area contributed by atoms with Crippen LogP contribution in [0.2, 0.25) is 0 Å². The lowest BCUT2D eigenvalue weighted by molar-refractivity contribution is 1.19. The van der Waals surface area contributed by atoms with Gasteiger partial charge in [0.25, 0.3) is 0 Å². The summed E-state index contributed by atoms with van der Waals surface area (Å²) >= 11 is 0. The topological polar surface area (TPSA) is 24.1 Å². The van der Waals surface area contributed by atoms with Gasteiger partial charge in [-0.25, -0.2) is 0 Å². The van der Waals surface area contributed by atoms with E-state index in [1.165, 1.54) is 33.6 Å². The molecule has 2 rings (SSSR count). The average molecular weight is 268 g/mol. The zero-order valence-electron chi connectivity index (χ0n) is 12.9. The Hall–Kier alpha value is -1.96. The minimum Gasteiger partial charge on any atom is -0.385 e. The van der Waals surface area contributed by atoms with Crippen molar-refractivity contribution in [2.24, 2.45) is 0 Å². The maximum absolute atomic E-state index is 3.41. The summed E-state index contributed by atoms with van der Waals surface area (Å²) in [6, 6.07) is 13.1. The lowest BCUT2D eigenvalue weighted by Gasteiger charge is -2.15. The first kappa shape index (κ1) is 14.4. The molecule has 20 heavy (non-hydrogen) atoms. The van der Waals surface area contributed by atoms with Crippen LogP contribution in [0.25, 0.3) is 11.1 Å². The van der Waals surface area contributed by atoms with Crippen molar-refractivity contribution >= 4 is 11.4 Å². The van der Waals surface area contributed by atoms with E-state index < -0.39 is 0 Å². The molecule has 0 aromatic heterocycles. The van der Waals surface area contributed by atoms with Gasteiger partial charge in [0.05, 0.1) is 0 Å². The van der Waals surface area contributed by atoms with E-state index in [1.54, 1.807) is 0 Å². The van der Waals surface area contributed by atoms with Crippen molar-refractivity contribution in [1.82, 2.24) is 0 Å². The molecule has 2 nitrogen and oxygen atoms in total. The average Bonchev–Trinajstić information content (AvgIpc) is 2.46. The first-order chi connectivity index (χ1) is 9.67. The van der Waals surface area contributed by atoms with Crippen molar-refractivity contribution in [2.45, 2.75) is 27.7 Å². The van der Waals surface area contributed by atoms with Crippen LogP contribution in [-0.2, 0) is 0 Å². The van der Waals surface area contributed by atoms with Crippen LogP contribution < -0.4 is 10.6 Å². The fourth-order valence-corrected chi connectivity index (χ4v) is 2.49. The summed E-state index contributed by atoms with van der Waals surface area (Å²) in [6.07, 6.45) is 0. The van der Waals surface area contributed by atoms with Crippen LogP contribution in [0.1, 0.15) is 25.0 Å². The molecule has 106 valence electrons. The minimum atomic E-state index is 0.953. The normalized spacial score (nSPS) is 10.4. The number of hydrogen-bond donors (Lipinski definition) is 2. The zero-order chi connectivity index (χ0) is 14.5. The van der Waals surface area contributed by atoms with Crippen molar-refractivity contribution in [3.05, 3.63) is 47.5 Å². The van der Waals surface area contributed by atoms with E-state index in [2.05, 4.69) is 74.7 Å². The van der Waals surface area contributed by atoms with Crippen LogP contribution in [0.3, 0.4) is 0 Å².